The molecule has 0 saturated carbocycles. The van der Waals surface area contributed by atoms with Crippen molar-refractivity contribution >= 4 is 5.97 Å². The van der Waals surface area contributed by atoms with Gasteiger partial charge in [-0.05, 0) is 39.0 Å². The van der Waals surface area contributed by atoms with Crippen LogP contribution in [-0.2, 0) is 9.53 Å². The largest absolute Gasteiger partial charge is 0.493 e. The summed E-state index contributed by atoms with van der Waals surface area (Å²) in [5.41, 5.74) is 0.0578. The van der Waals surface area contributed by atoms with Crippen LogP contribution in [0, 0.1) is 11.3 Å². The SMILES string of the molecule is CC(C)(C)OC(=O)CCOc1cccc(C#N)c1. The van der Waals surface area contributed by atoms with Gasteiger partial charge in [0.2, 0.25) is 0 Å². The fourth-order valence-electron chi connectivity index (χ4n) is 1.30. The number of carbonyl (C=O) groups excluding carboxylic acids is 1. The molecule has 0 heterocycles. The lowest BCUT2D eigenvalue weighted by atomic mass is 10.2. The van der Waals surface area contributed by atoms with Crippen molar-refractivity contribution in [1.29, 1.82) is 5.26 Å². The van der Waals surface area contributed by atoms with Crippen LogP contribution in [0.3, 0.4) is 0 Å². The van der Waals surface area contributed by atoms with Gasteiger partial charge in [-0.15, -0.1) is 0 Å². The Morgan fingerprint density at radius 2 is 2.11 bits per heavy atom. The van der Waals surface area contributed by atoms with Crippen molar-refractivity contribution in [2.24, 2.45) is 0 Å². The monoisotopic (exact) mass is 247 g/mol. The molecule has 4 nitrogen and oxygen atoms in total. The molecule has 4 heteroatoms. The molecule has 1 rings (SSSR count). The van der Waals surface area contributed by atoms with E-state index in [1.165, 1.54) is 0 Å². The summed E-state index contributed by atoms with van der Waals surface area (Å²) in [6.45, 7) is 5.70. The summed E-state index contributed by atoms with van der Waals surface area (Å²) in [5.74, 6) is 0.288. The van der Waals surface area contributed by atoms with Gasteiger partial charge in [0.1, 0.15) is 11.4 Å². The normalized spacial score (nSPS) is 10.6. The van der Waals surface area contributed by atoms with Gasteiger partial charge in [0, 0.05) is 0 Å². The topological polar surface area (TPSA) is 59.3 Å². The van der Waals surface area contributed by atoms with Crippen molar-refractivity contribution in [3.05, 3.63) is 29.8 Å². The molecule has 0 aliphatic heterocycles. The number of benzene rings is 1. The number of nitrogens with zero attached hydrogens (tertiary/aromatic N) is 1. The van der Waals surface area contributed by atoms with Crippen molar-refractivity contribution in [3.63, 3.8) is 0 Å². The van der Waals surface area contributed by atoms with Gasteiger partial charge in [0.25, 0.3) is 0 Å². The summed E-state index contributed by atoms with van der Waals surface area (Å²) in [4.78, 5) is 11.4. The van der Waals surface area contributed by atoms with E-state index in [0.717, 1.165) is 0 Å². The van der Waals surface area contributed by atoms with Gasteiger partial charge in [0.15, 0.2) is 0 Å². The molecule has 0 atom stereocenters. The molecular formula is C14H17NO3. The minimum Gasteiger partial charge on any atom is -0.493 e. The van der Waals surface area contributed by atoms with Crippen molar-refractivity contribution in [2.45, 2.75) is 32.8 Å². The lowest BCUT2D eigenvalue weighted by Gasteiger charge is -2.19. The zero-order valence-corrected chi connectivity index (χ0v) is 10.9. The number of carbonyl (C=O) groups is 1. The third-order valence-electron chi connectivity index (χ3n) is 1.96. The van der Waals surface area contributed by atoms with Crippen LogP contribution in [0.15, 0.2) is 24.3 Å². The highest BCUT2D eigenvalue weighted by Crippen LogP contribution is 2.13. The second kappa shape index (κ2) is 6.06. The molecule has 0 aliphatic carbocycles. The predicted molar refractivity (Wildman–Crippen MR) is 67.1 cm³/mol. The highest BCUT2D eigenvalue weighted by Gasteiger charge is 2.15. The second-order valence-corrected chi connectivity index (χ2v) is 4.82. The van der Waals surface area contributed by atoms with E-state index in [-0.39, 0.29) is 19.0 Å². The molecule has 0 fully saturated rings. The van der Waals surface area contributed by atoms with Crippen LogP contribution in [0.25, 0.3) is 0 Å². The minimum absolute atomic E-state index is 0.189. The Bertz CT molecular complexity index is 455. The average molecular weight is 247 g/mol. The maximum absolute atomic E-state index is 11.4. The molecule has 0 amide bonds. The van der Waals surface area contributed by atoms with Gasteiger partial charge in [-0.2, -0.15) is 5.26 Å². The summed E-state index contributed by atoms with van der Waals surface area (Å²) in [5, 5.41) is 8.72. The van der Waals surface area contributed by atoms with E-state index < -0.39 is 5.60 Å². The van der Waals surface area contributed by atoms with E-state index in [4.69, 9.17) is 14.7 Å². The first-order valence-electron chi connectivity index (χ1n) is 5.75. The molecule has 0 saturated heterocycles. The van der Waals surface area contributed by atoms with Crippen molar-refractivity contribution < 1.29 is 14.3 Å². The Morgan fingerprint density at radius 3 is 2.72 bits per heavy atom. The number of rotatable bonds is 4. The standard InChI is InChI=1S/C14H17NO3/c1-14(2,3)18-13(16)7-8-17-12-6-4-5-11(9-12)10-15/h4-6,9H,7-8H2,1-3H3. The maximum Gasteiger partial charge on any atom is 0.309 e. The van der Waals surface area contributed by atoms with E-state index in [9.17, 15) is 4.79 Å². The summed E-state index contributed by atoms with van der Waals surface area (Å²) >= 11 is 0. The highest BCUT2D eigenvalue weighted by atomic mass is 16.6. The van der Waals surface area contributed by atoms with Crippen LogP contribution >= 0.6 is 0 Å². The molecule has 0 spiro atoms. The molecule has 96 valence electrons. The highest BCUT2D eigenvalue weighted by molar-refractivity contribution is 5.69. The zero-order valence-electron chi connectivity index (χ0n) is 10.9. The molecule has 0 N–H and O–H groups in total. The number of esters is 1. The van der Waals surface area contributed by atoms with Crippen molar-refractivity contribution in [2.75, 3.05) is 6.61 Å². The van der Waals surface area contributed by atoms with E-state index in [0.29, 0.717) is 11.3 Å². The molecule has 0 aliphatic rings. The number of hydrogen-bond donors (Lipinski definition) is 0. The van der Waals surface area contributed by atoms with Gasteiger partial charge in [-0.25, -0.2) is 0 Å². The van der Waals surface area contributed by atoms with Crippen LogP contribution in [0.4, 0.5) is 0 Å². The lowest BCUT2D eigenvalue weighted by molar-refractivity contribution is -0.155. The number of nitriles is 1. The zero-order chi connectivity index (χ0) is 13.6. The number of ether oxygens (including phenoxy) is 2. The third kappa shape index (κ3) is 5.35. The molecule has 1 aromatic carbocycles. The van der Waals surface area contributed by atoms with Gasteiger partial charge in [-0.1, -0.05) is 6.07 Å². The van der Waals surface area contributed by atoms with Gasteiger partial charge >= 0.3 is 5.97 Å². The van der Waals surface area contributed by atoms with Crippen LogP contribution in [0.5, 0.6) is 5.75 Å². The Labute approximate surface area is 107 Å². The van der Waals surface area contributed by atoms with E-state index >= 15 is 0 Å². The first kappa shape index (κ1) is 14.0. The summed E-state index contributed by atoms with van der Waals surface area (Å²) < 4.78 is 10.5. The second-order valence-electron chi connectivity index (χ2n) is 4.82. The molecule has 18 heavy (non-hydrogen) atoms. The smallest absolute Gasteiger partial charge is 0.309 e. The summed E-state index contributed by atoms with van der Waals surface area (Å²) in [7, 11) is 0. The fraction of sp³-hybridized carbons (Fsp3) is 0.429. The van der Waals surface area contributed by atoms with Crippen LogP contribution in [-0.4, -0.2) is 18.2 Å². The molecule has 0 unspecified atom stereocenters. The first-order chi connectivity index (χ1) is 8.40. The van der Waals surface area contributed by atoms with Gasteiger partial charge in [-0.3, -0.25) is 4.79 Å². The van der Waals surface area contributed by atoms with Crippen molar-refractivity contribution in [1.82, 2.24) is 0 Å². The quantitative estimate of drug-likeness (QED) is 0.767. The Morgan fingerprint density at radius 1 is 1.39 bits per heavy atom. The first-order valence-corrected chi connectivity index (χ1v) is 5.75. The number of hydrogen-bond acceptors (Lipinski definition) is 4. The van der Waals surface area contributed by atoms with Gasteiger partial charge in [0.05, 0.1) is 24.7 Å². The van der Waals surface area contributed by atoms with Crippen LogP contribution in [0.2, 0.25) is 0 Å². The Hall–Kier alpha value is -2.02. The Balaban J connectivity index is 2.38. The van der Waals surface area contributed by atoms with E-state index in [2.05, 4.69) is 0 Å². The average Bonchev–Trinajstić information content (AvgIpc) is 2.27. The minimum atomic E-state index is -0.474. The predicted octanol–water partition coefficient (Wildman–Crippen LogP) is 2.67. The van der Waals surface area contributed by atoms with E-state index in [1.807, 2.05) is 26.8 Å². The summed E-state index contributed by atoms with van der Waals surface area (Å²) in [6.07, 6.45) is 0.189. The fourth-order valence-corrected chi connectivity index (χ4v) is 1.30. The van der Waals surface area contributed by atoms with Crippen LogP contribution < -0.4 is 4.74 Å². The molecule has 1 aromatic rings. The molecule has 0 bridgehead atoms. The van der Waals surface area contributed by atoms with Crippen LogP contribution in [0.1, 0.15) is 32.8 Å². The molecule has 0 aromatic heterocycles. The Kier molecular flexibility index (Phi) is 4.73. The maximum atomic E-state index is 11.4. The van der Waals surface area contributed by atoms with E-state index in [1.54, 1.807) is 24.3 Å². The third-order valence-corrected chi connectivity index (χ3v) is 1.96. The lowest BCUT2D eigenvalue weighted by Crippen LogP contribution is -2.24. The molecular weight excluding hydrogens is 230 g/mol. The van der Waals surface area contributed by atoms with Crippen molar-refractivity contribution in [3.8, 4) is 11.8 Å². The molecule has 0 radical (unpaired) electrons. The van der Waals surface area contributed by atoms with Gasteiger partial charge < -0.3 is 9.47 Å². The summed E-state index contributed by atoms with van der Waals surface area (Å²) in [6, 6.07) is 8.84.